The zero-order valence-corrected chi connectivity index (χ0v) is 11.0. The Hall–Kier alpha value is -1.26. The molecule has 1 aromatic rings. The molecular formula is C13H17ClN2O2. The van der Waals surface area contributed by atoms with Crippen LogP contribution in [0, 0.1) is 0 Å². The molecular weight excluding hydrogens is 252 g/mol. The summed E-state index contributed by atoms with van der Waals surface area (Å²) >= 11 is 5.90. The fraction of sp³-hybridized carbons (Fsp3) is 0.462. The van der Waals surface area contributed by atoms with Crippen LogP contribution >= 0.6 is 11.6 Å². The lowest BCUT2D eigenvalue weighted by Crippen LogP contribution is -2.40. The number of anilines is 1. The van der Waals surface area contributed by atoms with Crippen LogP contribution in [0.2, 0.25) is 5.02 Å². The normalized spacial score (nSPS) is 23.0. The molecule has 2 unspecified atom stereocenters. The molecule has 0 spiro atoms. The van der Waals surface area contributed by atoms with Crippen molar-refractivity contribution in [1.82, 2.24) is 5.32 Å². The fourth-order valence-corrected chi connectivity index (χ4v) is 2.53. The van der Waals surface area contributed by atoms with E-state index in [4.69, 9.17) is 22.1 Å². The summed E-state index contributed by atoms with van der Waals surface area (Å²) in [5.74, 6) is -0.191. The summed E-state index contributed by atoms with van der Waals surface area (Å²) in [6.07, 6.45) is 3.07. The number of methoxy groups -OCH3 is 1. The molecule has 0 heterocycles. The first kappa shape index (κ1) is 13.2. The first-order valence-electron chi connectivity index (χ1n) is 6.01. The standard InChI is InChI=1S/C13H17ClN2O2/c1-18-11-7-3-6-10(11)16-13(17)8-4-2-5-9(14)12(8)15/h2,4-5,10-11H,3,6-7,15H2,1H3,(H,16,17). The number of halogens is 1. The predicted octanol–water partition coefficient (Wildman–Crippen LogP) is 2.22. The van der Waals surface area contributed by atoms with E-state index in [2.05, 4.69) is 5.32 Å². The molecule has 2 atom stereocenters. The van der Waals surface area contributed by atoms with Crippen molar-refractivity contribution >= 4 is 23.2 Å². The van der Waals surface area contributed by atoms with Gasteiger partial charge in [-0.25, -0.2) is 0 Å². The molecule has 3 N–H and O–H groups in total. The second-order valence-corrected chi connectivity index (χ2v) is 4.89. The minimum atomic E-state index is -0.191. The number of rotatable bonds is 3. The van der Waals surface area contributed by atoms with Crippen molar-refractivity contribution in [2.75, 3.05) is 12.8 Å². The number of hydrogen-bond acceptors (Lipinski definition) is 3. The van der Waals surface area contributed by atoms with E-state index >= 15 is 0 Å². The maximum absolute atomic E-state index is 12.1. The lowest BCUT2D eigenvalue weighted by Gasteiger charge is -2.20. The van der Waals surface area contributed by atoms with Gasteiger partial charge in [-0.05, 0) is 31.4 Å². The second kappa shape index (κ2) is 5.59. The highest BCUT2D eigenvalue weighted by Crippen LogP contribution is 2.25. The Bertz CT molecular complexity index is 451. The first-order valence-corrected chi connectivity index (χ1v) is 6.39. The molecule has 0 radical (unpaired) electrons. The van der Waals surface area contributed by atoms with Crippen LogP contribution in [-0.2, 0) is 4.74 Å². The van der Waals surface area contributed by atoms with Gasteiger partial charge in [0.2, 0.25) is 0 Å². The van der Waals surface area contributed by atoms with Crippen molar-refractivity contribution in [3.63, 3.8) is 0 Å². The third-order valence-electron chi connectivity index (χ3n) is 3.37. The van der Waals surface area contributed by atoms with Crippen LogP contribution < -0.4 is 11.1 Å². The van der Waals surface area contributed by atoms with Gasteiger partial charge in [0, 0.05) is 7.11 Å². The molecule has 1 fully saturated rings. The average molecular weight is 269 g/mol. The van der Waals surface area contributed by atoms with Crippen molar-refractivity contribution in [3.8, 4) is 0 Å². The number of benzene rings is 1. The summed E-state index contributed by atoms with van der Waals surface area (Å²) in [4.78, 5) is 12.1. The molecule has 2 rings (SSSR count). The van der Waals surface area contributed by atoms with E-state index in [1.54, 1.807) is 25.3 Å². The number of nitrogens with one attached hydrogen (secondary N) is 1. The van der Waals surface area contributed by atoms with Gasteiger partial charge < -0.3 is 15.8 Å². The van der Waals surface area contributed by atoms with E-state index in [-0.39, 0.29) is 18.1 Å². The summed E-state index contributed by atoms with van der Waals surface area (Å²) < 4.78 is 5.34. The molecule has 0 aliphatic heterocycles. The van der Waals surface area contributed by atoms with E-state index in [1.807, 2.05) is 0 Å². The third-order valence-corrected chi connectivity index (χ3v) is 3.70. The molecule has 5 heteroatoms. The van der Waals surface area contributed by atoms with Crippen molar-refractivity contribution in [2.24, 2.45) is 0 Å². The Morgan fingerprint density at radius 1 is 1.50 bits per heavy atom. The van der Waals surface area contributed by atoms with Crippen molar-refractivity contribution in [3.05, 3.63) is 28.8 Å². The molecule has 1 saturated carbocycles. The molecule has 1 aliphatic rings. The van der Waals surface area contributed by atoms with Crippen LogP contribution in [0.3, 0.4) is 0 Å². The van der Waals surface area contributed by atoms with E-state index in [9.17, 15) is 4.79 Å². The van der Waals surface area contributed by atoms with Gasteiger partial charge in [-0.1, -0.05) is 17.7 Å². The van der Waals surface area contributed by atoms with Gasteiger partial charge >= 0.3 is 0 Å². The molecule has 1 aromatic carbocycles. The Kier molecular flexibility index (Phi) is 4.09. The maximum atomic E-state index is 12.1. The largest absolute Gasteiger partial charge is 0.397 e. The zero-order valence-electron chi connectivity index (χ0n) is 10.3. The Balaban J connectivity index is 2.10. The summed E-state index contributed by atoms with van der Waals surface area (Å²) in [5, 5.41) is 3.36. The molecule has 4 nitrogen and oxygen atoms in total. The molecule has 1 amide bonds. The Morgan fingerprint density at radius 3 is 3.00 bits per heavy atom. The smallest absolute Gasteiger partial charge is 0.253 e. The van der Waals surface area contributed by atoms with E-state index in [0.717, 1.165) is 19.3 Å². The molecule has 18 heavy (non-hydrogen) atoms. The minimum Gasteiger partial charge on any atom is -0.397 e. The van der Waals surface area contributed by atoms with Crippen molar-refractivity contribution in [2.45, 2.75) is 31.4 Å². The number of amides is 1. The zero-order chi connectivity index (χ0) is 13.1. The van der Waals surface area contributed by atoms with E-state index in [0.29, 0.717) is 16.3 Å². The lowest BCUT2D eigenvalue weighted by atomic mass is 10.1. The number of carbonyl (C=O) groups excluding carboxylic acids is 1. The van der Waals surface area contributed by atoms with Crippen LogP contribution in [0.25, 0.3) is 0 Å². The van der Waals surface area contributed by atoms with Gasteiger partial charge in [0.15, 0.2) is 0 Å². The fourth-order valence-electron chi connectivity index (χ4n) is 2.35. The average Bonchev–Trinajstić information content (AvgIpc) is 2.79. The monoisotopic (exact) mass is 268 g/mol. The van der Waals surface area contributed by atoms with Crippen LogP contribution in [0.1, 0.15) is 29.6 Å². The number of carbonyl (C=O) groups is 1. The maximum Gasteiger partial charge on any atom is 0.253 e. The topological polar surface area (TPSA) is 64.3 Å². The Morgan fingerprint density at radius 2 is 2.28 bits per heavy atom. The van der Waals surface area contributed by atoms with Gasteiger partial charge in [0.1, 0.15) is 0 Å². The van der Waals surface area contributed by atoms with E-state index < -0.39 is 0 Å². The van der Waals surface area contributed by atoms with Gasteiger partial charge in [-0.15, -0.1) is 0 Å². The third kappa shape index (κ3) is 2.60. The minimum absolute atomic E-state index is 0.0564. The molecule has 0 aromatic heterocycles. The number of para-hydroxylation sites is 1. The van der Waals surface area contributed by atoms with Crippen LogP contribution in [-0.4, -0.2) is 25.2 Å². The SMILES string of the molecule is COC1CCCC1NC(=O)c1cccc(Cl)c1N. The molecule has 98 valence electrons. The summed E-state index contributed by atoms with van der Waals surface area (Å²) in [5.41, 5.74) is 6.54. The highest BCUT2D eigenvalue weighted by atomic mass is 35.5. The molecule has 0 saturated heterocycles. The van der Waals surface area contributed by atoms with Crippen LogP contribution in [0.15, 0.2) is 18.2 Å². The van der Waals surface area contributed by atoms with Crippen LogP contribution in [0.4, 0.5) is 5.69 Å². The Labute approximate surface area is 111 Å². The summed E-state index contributed by atoms with van der Waals surface area (Å²) in [7, 11) is 1.67. The van der Waals surface area contributed by atoms with Crippen LogP contribution in [0.5, 0.6) is 0 Å². The lowest BCUT2D eigenvalue weighted by molar-refractivity contribution is 0.0722. The molecule has 0 bridgehead atoms. The summed E-state index contributed by atoms with van der Waals surface area (Å²) in [6, 6.07) is 5.12. The van der Waals surface area contributed by atoms with E-state index in [1.165, 1.54) is 0 Å². The second-order valence-electron chi connectivity index (χ2n) is 4.49. The molecule has 1 aliphatic carbocycles. The summed E-state index contributed by atoms with van der Waals surface area (Å²) in [6.45, 7) is 0. The number of hydrogen-bond donors (Lipinski definition) is 2. The number of nitrogens with two attached hydrogens (primary N) is 1. The van der Waals surface area contributed by atoms with Crippen molar-refractivity contribution in [1.29, 1.82) is 0 Å². The van der Waals surface area contributed by atoms with Crippen molar-refractivity contribution < 1.29 is 9.53 Å². The number of nitrogen functional groups attached to an aromatic ring is 1. The van der Waals surface area contributed by atoms with Gasteiger partial charge in [0.25, 0.3) is 5.91 Å². The quantitative estimate of drug-likeness (QED) is 0.826. The predicted molar refractivity (Wildman–Crippen MR) is 71.8 cm³/mol. The van der Waals surface area contributed by atoms with Gasteiger partial charge in [-0.2, -0.15) is 0 Å². The number of ether oxygens (including phenoxy) is 1. The highest BCUT2D eigenvalue weighted by Gasteiger charge is 2.29. The highest BCUT2D eigenvalue weighted by molar-refractivity contribution is 6.33. The first-order chi connectivity index (χ1) is 8.63. The van der Waals surface area contributed by atoms with Gasteiger partial charge in [0.05, 0.1) is 28.4 Å². The van der Waals surface area contributed by atoms with Gasteiger partial charge in [-0.3, -0.25) is 4.79 Å².